The maximum Gasteiger partial charge on any atom is 0.274 e. The highest BCUT2D eigenvalue weighted by Crippen LogP contribution is 2.52. The normalized spacial score (nSPS) is 17.6. The van der Waals surface area contributed by atoms with Gasteiger partial charge in [-0.1, -0.05) is 29.2 Å². The van der Waals surface area contributed by atoms with Crippen molar-refractivity contribution in [1.29, 1.82) is 0 Å². The third-order valence-electron chi connectivity index (χ3n) is 2.94. The Balaban J connectivity index is 4.05. The van der Waals surface area contributed by atoms with Crippen molar-refractivity contribution < 1.29 is 37.4 Å². The minimum absolute atomic E-state index is 0.320. The predicted octanol–water partition coefficient (Wildman–Crippen LogP) is 2.05. The Morgan fingerprint density at radius 3 is 2.44 bits per heavy atom. The van der Waals surface area contributed by atoms with E-state index >= 15 is 0 Å². The third kappa shape index (κ3) is 16.5. The summed E-state index contributed by atoms with van der Waals surface area (Å²) in [5.41, 5.74) is 2.09. The van der Waals surface area contributed by atoms with E-state index in [2.05, 4.69) is 20.8 Å². The highest BCUT2D eigenvalue weighted by atomic mass is 31.3. The lowest BCUT2D eigenvalue weighted by molar-refractivity contribution is -0.240. The van der Waals surface area contributed by atoms with Crippen molar-refractivity contribution in [3.8, 4) is 12.3 Å². The van der Waals surface area contributed by atoms with Crippen LogP contribution in [0.5, 0.6) is 0 Å². The van der Waals surface area contributed by atoms with Crippen LogP contribution in [0.3, 0.4) is 0 Å². The Bertz CT molecular complexity index is 585. The standard InChI is InChI=1S/C15H26O8P2/c1-4-11-21-12-6-9-14(2)7-5-8-15(3)10-13-22-25(19,20)23-24(16,17)18/h1,7,10H,5-6,8-9,11-13H2,2-3H3,(H,19,20)(H2,16,17,18)/p-2/b14-7+,15-10+. The van der Waals surface area contributed by atoms with Crippen LogP contribution in [0.1, 0.15) is 39.5 Å². The molecular formula is C15H24O8P2-2. The molecule has 1 N–H and O–H groups in total. The number of terminal acetylenes is 1. The quantitative estimate of drug-likeness (QED) is 0.218. The van der Waals surface area contributed by atoms with Crippen LogP contribution >= 0.6 is 15.6 Å². The zero-order valence-corrected chi connectivity index (χ0v) is 16.2. The first-order valence-corrected chi connectivity index (χ1v) is 10.5. The number of allylic oxidation sites excluding steroid dienone is 3. The molecule has 144 valence electrons. The molecule has 0 aromatic heterocycles. The van der Waals surface area contributed by atoms with Crippen LogP contribution < -0.4 is 9.79 Å². The molecule has 0 radical (unpaired) electrons. The lowest BCUT2D eigenvalue weighted by Gasteiger charge is -2.26. The van der Waals surface area contributed by atoms with Gasteiger partial charge in [-0.15, -0.1) is 6.42 Å². The Hall–Kier alpha value is -0.740. The molecule has 2 atom stereocenters. The van der Waals surface area contributed by atoms with Crippen molar-refractivity contribution in [1.82, 2.24) is 0 Å². The highest BCUT2D eigenvalue weighted by Gasteiger charge is 2.15. The van der Waals surface area contributed by atoms with Crippen molar-refractivity contribution in [2.45, 2.75) is 39.5 Å². The lowest BCUT2D eigenvalue weighted by Crippen LogP contribution is -2.11. The summed E-state index contributed by atoms with van der Waals surface area (Å²) in [7, 11) is -10.5. The summed E-state index contributed by atoms with van der Waals surface area (Å²) in [6, 6.07) is 0. The van der Waals surface area contributed by atoms with Gasteiger partial charge in [0.1, 0.15) is 6.61 Å². The molecule has 2 unspecified atom stereocenters. The van der Waals surface area contributed by atoms with E-state index in [0.29, 0.717) is 19.6 Å². The van der Waals surface area contributed by atoms with Gasteiger partial charge >= 0.3 is 0 Å². The third-order valence-corrected chi connectivity index (χ3v) is 5.04. The van der Waals surface area contributed by atoms with Crippen LogP contribution in [0, 0.1) is 12.3 Å². The summed E-state index contributed by atoms with van der Waals surface area (Å²) >= 11 is 0. The van der Waals surface area contributed by atoms with Gasteiger partial charge < -0.3 is 23.9 Å². The molecule has 25 heavy (non-hydrogen) atoms. The molecule has 0 aromatic carbocycles. The van der Waals surface area contributed by atoms with Crippen molar-refractivity contribution in [3.63, 3.8) is 0 Å². The summed E-state index contributed by atoms with van der Waals surface area (Å²) in [4.78, 5) is 29.8. The zero-order chi connectivity index (χ0) is 19.3. The van der Waals surface area contributed by atoms with E-state index < -0.39 is 15.6 Å². The van der Waals surface area contributed by atoms with Gasteiger partial charge in [-0.2, -0.15) is 0 Å². The number of hydrogen-bond acceptors (Lipinski definition) is 7. The van der Waals surface area contributed by atoms with Crippen molar-refractivity contribution in [3.05, 3.63) is 23.3 Å². The smallest absolute Gasteiger partial charge is 0.274 e. The van der Waals surface area contributed by atoms with Crippen molar-refractivity contribution >= 4 is 15.6 Å². The van der Waals surface area contributed by atoms with E-state index in [1.54, 1.807) is 6.92 Å². The van der Waals surface area contributed by atoms with Crippen LogP contribution in [-0.2, 0) is 22.7 Å². The van der Waals surface area contributed by atoms with E-state index in [1.807, 2.05) is 6.92 Å². The van der Waals surface area contributed by atoms with Gasteiger partial charge in [0, 0.05) is 6.61 Å². The number of rotatable bonds is 13. The molecule has 0 aliphatic heterocycles. The van der Waals surface area contributed by atoms with E-state index in [-0.39, 0.29) is 6.61 Å². The SMILES string of the molecule is C#CCOCCC/C(C)=C/CC/C(C)=C/COP(=O)([O-])OP(=O)([O-])O. The molecule has 0 rings (SSSR count). The van der Waals surface area contributed by atoms with Gasteiger partial charge in [0.2, 0.25) is 0 Å². The second kappa shape index (κ2) is 12.6. The largest absolute Gasteiger partial charge is 0.756 e. The fraction of sp³-hybridized carbons (Fsp3) is 0.600. The molecule has 0 aliphatic carbocycles. The highest BCUT2D eigenvalue weighted by molar-refractivity contribution is 7.59. The fourth-order valence-corrected chi connectivity index (χ4v) is 3.21. The average Bonchev–Trinajstić information content (AvgIpc) is 2.44. The van der Waals surface area contributed by atoms with Crippen LogP contribution in [-0.4, -0.2) is 24.7 Å². The minimum atomic E-state index is -5.39. The van der Waals surface area contributed by atoms with Crippen molar-refractivity contribution in [2.75, 3.05) is 19.8 Å². The average molecular weight is 394 g/mol. The Labute approximate surface area is 148 Å². The Morgan fingerprint density at radius 1 is 1.20 bits per heavy atom. The van der Waals surface area contributed by atoms with Crippen LogP contribution in [0.15, 0.2) is 23.3 Å². The summed E-state index contributed by atoms with van der Waals surface area (Å²) in [6.45, 7) is 4.38. The number of hydrogen-bond donors (Lipinski definition) is 1. The van der Waals surface area contributed by atoms with Crippen molar-refractivity contribution in [2.24, 2.45) is 0 Å². The van der Waals surface area contributed by atoms with Crippen LogP contribution in [0.2, 0.25) is 0 Å². The second-order valence-corrected chi connectivity index (χ2v) is 8.04. The molecule has 0 heterocycles. The molecule has 0 saturated carbocycles. The molecule has 8 nitrogen and oxygen atoms in total. The Morgan fingerprint density at radius 2 is 1.84 bits per heavy atom. The first-order chi connectivity index (χ1) is 11.6. The first kappa shape index (κ1) is 24.3. The zero-order valence-electron chi connectivity index (χ0n) is 14.4. The molecule has 0 fully saturated rings. The molecule has 0 aromatic rings. The molecular weight excluding hydrogens is 370 g/mol. The molecule has 0 aliphatic rings. The van der Waals surface area contributed by atoms with E-state index in [1.165, 1.54) is 11.6 Å². The fourth-order valence-electron chi connectivity index (χ4n) is 1.76. The van der Waals surface area contributed by atoms with Gasteiger partial charge in [0.05, 0.1) is 6.61 Å². The number of phosphoric acid groups is 2. The number of ether oxygens (including phenoxy) is 1. The van der Waals surface area contributed by atoms with E-state index in [0.717, 1.165) is 24.8 Å². The Kier molecular flexibility index (Phi) is 12.2. The van der Waals surface area contributed by atoms with Gasteiger partial charge in [-0.25, -0.2) is 4.31 Å². The second-order valence-electron chi connectivity index (χ2n) is 5.29. The minimum Gasteiger partial charge on any atom is -0.756 e. The van der Waals surface area contributed by atoms with Gasteiger partial charge in [-0.05, 0) is 39.5 Å². The predicted molar refractivity (Wildman–Crippen MR) is 90.1 cm³/mol. The summed E-state index contributed by atoms with van der Waals surface area (Å²) < 4.78 is 34.4. The van der Waals surface area contributed by atoms with Gasteiger partial charge in [0.25, 0.3) is 15.6 Å². The van der Waals surface area contributed by atoms with E-state index in [4.69, 9.17) is 16.1 Å². The molecule has 0 amide bonds. The first-order valence-electron chi connectivity index (χ1n) is 7.59. The van der Waals surface area contributed by atoms with Gasteiger partial charge in [-0.3, -0.25) is 9.13 Å². The number of phosphoric ester groups is 1. The molecule has 0 bridgehead atoms. The van der Waals surface area contributed by atoms with E-state index in [9.17, 15) is 18.9 Å². The monoisotopic (exact) mass is 394 g/mol. The summed E-state index contributed by atoms with van der Waals surface area (Å²) in [5.74, 6) is 2.40. The van der Waals surface area contributed by atoms with Crippen LogP contribution in [0.25, 0.3) is 0 Å². The summed E-state index contributed by atoms with van der Waals surface area (Å²) in [5, 5.41) is 0. The topological polar surface area (TPSA) is 128 Å². The lowest BCUT2D eigenvalue weighted by atomic mass is 10.1. The summed E-state index contributed by atoms with van der Waals surface area (Å²) in [6.07, 6.45) is 11.9. The maximum atomic E-state index is 11.1. The molecule has 10 heteroatoms. The molecule has 0 spiro atoms. The van der Waals surface area contributed by atoms with Crippen LogP contribution in [0.4, 0.5) is 0 Å². The van der Waals surface area contributed by atoms with Gasteiger partial charge in [0.15, 0.2) is 0 Å². The molecule has 0 saturated heterocycles. The maximum absolute atomic E-state index is 11.1.